The lowest BCUT2D eigenvalue weighted by Crippen LogP contribution is -2.12. The number of rotatable bonds is 3. The third kappa shape index (κ3) is 1.94. The lowest BCUT2D eigenvalue weighted by atomic mass is 10.1. The molecule has 0 spiro atoms. The predicted octanol–water partition coefficient (Wildman–Crippen LogP) is 2.40. The zero-order valence-corrected chi connectivity index (χ0v) is 12.2. The summed E-state index contributed by atoms with van der Waals surface area (Å²) in [5.41, 5.74) is 3.60. The minimum Gasteiger partial charge on any atom is -0.487 e. The molecule has 1 aromatic heterocycles. The maximum absolute atomic E-state index is 11.7. The third-order valence-electron chi connectivity index (χ3n) is 4.00. The van der Waals surface area contributed by atoms with Gasteiger partial charge in [-0.25, -0.2) is 0 Å². The van der Waals surface area contributed by atoms with Gasteiger partial charge >= 0.3 is 0 Å². The molecule has 0 atom stereocenters. The molecule has 1 N–H and O–H groups in total. The first kappa shape index (κ1) is 12.9. The standard InChI is InChI=1S/C17H15N3O2/c1-20-15-7-3-2-5-12(15)14(19-20)10-22-16-8-4-6-11-13(16)9-18-17(11)21/h2-8H,9-10H2,1H3,(H,18,21). The Labute approximate surface area is 127 Å². The van der Waals surface area contributed by atoms with Crippen LogP contribution in [0.3, 0.4) is 0 Å². The highest BCUT2D eigenvalue weighted by molar-refractivity contribution is 5.99. The SMILES string of the molecule is Cn1nc(COc2cccc3c2CNC3=O)c2ccccc21. The van der Waals surface area contributed by atoms with E-state index in [4.69, 9.17) is 4.74 Å². The van der Waals surface area contributed by atoms with Crippen molar-refractivity contribution in [2.24, 2.45) is 7.05 Å². The summed E-state index contributed by atoms with van der Waals surface area (Å²) in [5, 5.41) is 8.43. The second-order valence-corrected chi connectivity index (χ2v) is 5.34. The zero-order chi connectivity index (χ0) is 15.1. The van der Waals surface area contributed by atoms with Gasteiger partial charge in [0.1, 0.15) is 18.1 Å². The quantitative estimate of drug-likeness (QED) is 0.806. The fraction of sp³-hybridized carbons (Fsp3) is 0.176. The Morgan fingerprint density at radius 3 is 3.00 bits per heavy atom. The highest BCUT2D eigenvalue weighted by atomic mass is 16.5. The molecule has 22 heavy (non-hydrogen) atoms. The van der Waals surface area contributed by atoms with E-state index in [1.807, 2.05) is 54.2 Å². The summed E-state index contributed by atoms with van der Waals surface area (Å²) in [4.78, 5) is 11.7. The Morgan fingerprint density at radius 2 is 2.09 bits per heavy atom. The van der Waals surface area contributed by atoms with Gasteiger partial charge in [0.05, 0.1) is 5.52 Å². The van der Waals surface area contributed by atoms with Gasteiger partial charge in [-0.1, -0.05) is 24.3 Å². The smallest absolute Gasteiger partial charge is 0.252 e. The number of hydrogen-bond acceptors (Lipinski definition) is 3. The van der Waals surface area contributed by atoms with Crippen molar-refractivity contribution in [1.82, 2.24) is 15.1 Å². The maximum Gasteiger partial charge on any atom is 0.252 e. The lowest BCUT2D eigenvalue weighted by Gasteiger charge is -2.08. The van der Waals surface area contributed by atoms with Crippen molar-refractivity contribution in [2.75, 3.05) is 0 Å². The van der Waals surface area contributed by atoms with Gasteiger partial charge < -0.3 is 10.1 Å². The minimum atomic E-state index is -0.0382. The van der Waals surface area contributed by atoms with Crippen molar-refractivity contribution in [3.05, 3.63) is 59.3 Å². The summed E-state index contributed by atoms with van der Waals surface area (Å²) >= 11 is 0. The average molecular weight is 293 g/mol. The van der Waals surface area contributed by atoms with E-state index < -0.39 is 0 Å². The molecule has 5 nitrogen and oxygen atoms in total. The van der Waals surface area contributed by atoms with Crippen molar-refractivity contribution in [2.45, 2.75) is 13.2 Å². The van der Waals surface area contributed by atoms with Crippen molar-refractivity contribution in [3.8, 4) is 5.75 Å². The van der Waals surface area contributed by atoms with Crippen LogP contribution >= 0.6 is 0 Å². The normalized spacial score (nSPS) is 13.2. The molecular formula is C17H15N3O2. The monoisotopic (exact) mass is 293 g/mol. The van der Waals surface area contributed by atoms with E-state index >= 15 is 0 Å². The Bertz CT molecular complexity index is 883. The molecule has 0 aliphatic carbocycles. The summed E-state index contributed by atoms with van der Waals surface area (Å²) in [6.07, 6.45) is 0. The number of hydrogen-bond donors (Lipinski definition) is 1. The van der Waals surface area contributed by atoms with Crippen molar-refractivity contribution < 1.29 is 9.53 Å². The summed E-state index contributed by atoms with van der Waals surface area (Å²) in [7, 11) is 1.93. The Morgan fingerprint density at radius 1 is 1.23 bits per heavy atom. The van der Waals surface area contributed by atoms with Crippen LogP contribution in [0.1, 0.15) is 21.6 Å². The number of nitrogens with zero attached hydrogens (tertiary/aromatic N) is 2. The molecule has 2 heterocycles. The molecule has 1 aliphatic heterocycles. The average Bonchev–Trinajstić information content (AvgIpc) is 3.08. The molecule has 4 rings (SSSR count). The number of nitrogens with one attached hydrogen (secondary N) is 1. The zero-order valence-electron chi connectivity index (χ0n) is 12.2. The molecule has 1 amide bonds. The molecule has 0 saturated heterocycles. The van der Waals surface area contributed by atoms with Crippen LogP contribution in [-0.4, -0.2) is 15.7 Å². The van der Waals surface area contributed by atoms with E-state index in [0.717, 1.165) is 27.9 Å². The van der Waals surface area contributed by atoms with Crippen LogP contribution in [0.15, 0.2) is 42.5 Å². The van der Waals surface area contributed by atoms with Crippen LogP contribution in [0.4, 0.5) is 0 Å². The van der Waals surface area contributed by atoms with Gasteiger partial charge in [0.2, 0.25) is 0 Å². The third-order valence-corrected chi connectivity index (χ3v) is 4.00. The Kier molecular flexibility index (Phi) is 2.85. The van der Waals surface area contributed by atoms with Crippen LogP contribution in [0.2, 0.25) is 0 Å². The molecule has 0 unspecified atom stereocenters. The first-order valence-electron chi connectivity index (χ1n) is 7.17. The van der Waals surface area contributed by atoms with Gasteiger partial charge in [-0.3, -0.25) is 9.48 Å². The number of para-hydroxylation sites is 1. The van der Waals surface area contributed by atoms with Gasteiger partial charge in [-0.15, -0.1) is 0 Å². The summed E-state index contributed by atoms with van der Waals surface area (Å²) in [6.45, 7) is 0.902. The number of fused-ring (bicyclic) bond motifs is 2. The molecule has 0 saturated carbocycles. The summed E-state index contributed by atoms with van der Waals surface area (Å²) in [5.74, 6) is 0.703. The highest BCUT2D eigenvalue weighted by Crippen LogP contribution is 2.27. The van der Waals surface area contributed by atoms with E-state index in [-0.39, 0.29) is 5.91 Å². The number of carbonyl (C=O) groups excluding carboxylic acids is 1. The van der Waals surface area contributed by atoms with Gasteiger partial charge in [0.25, 0.3) is 5.91 Å². The van der Waals surface area contributed by atoms with E-state index in [0.29, 0.717) is 18.7 Å². The van der Waals surface area contributed by atoms with Crippen molar-refractivity contribution in [3.63, 3.8) is 0 Å². The molecule has 3 aromatic rings. The first-order chi connectivity index (χ1) is 10.7. The van der Waals surface area contributed by atoms with Crippen LogP contribution < -0.4 is 10.1 Å². The van der Waals surface area contributed by atoms with Gasteiger partial charge in [-0.2, -0.15) is 5.10 Å². The number of aryl methyl sites for hydroxylation is 1. The highest BCUT2D eigenvalue weighted by Gasteiger charge is 2.22. The molecule has 0 bridgehead atoms. The molecule has 0 radical (unpaired) electrons. The molecule has 110 valence electrons. The van der Waals surface area contributed by atoms with E-state index in [1.54, 1.807) is 0 Å². The second-order valence-electron chi connectivity index (χ2n) is 5.34. The van der Waals surface area contributed by atoms with Gasteiger partial charge in [0.15, 0.2) is 0 Å². The molecule has 0 fully saturated rings. The fourth-order valence-corrected chi connectivity index (χ4v) is 2.90. The van der Waals surface area contributed by atoms with Gasteiger partial charge in [0, 0.05) is 30.1 Å². The van der Waals surface area contributed by atoms with Crippen molar-refractivity contribution >= 4 is 16.8 Å². The molecule has 2 aromatic carbocycles. The number of amides is 1. The van der Waals surface area contributed by atoms with Crippen LogP contribution in [-0.2, 0) is 20.2 Å². The largest absolute Gasteiger partial charge is 0.487 e. The second kappa shape index (κ2) is 4.87. The number of carbonyl (C=O) groups is 1. The Hall–Kier alpha value is -2.82. The summed E-state index contributed by atoms with van der Waals surface area (Å²) in [6, 6.07) is 13.6. The fourth-order valence-electron chi connectivity index (χ4n) is 2.90. The van der Waals surface area contributed by atoms with Crippen molar-refractivity contribution in [1.29, 1.82) is 0 Å². The number of benzene rings is 2. The van der Waals surface area contributed by atoms with E-state index in [9.17, 15) is 4.79 Å². The molecular weight excluding hydrogens is 278 g/mol. The Balaban J connectivity index is 1.65. The number of ether oxygens (including phenoxy) is 1. The predicted molar refractivity (Wildman–Crippen MR) is 82.7 cm³/mol. The molecule has 1 aliphatic rings. The van der Waals surface area contributed by atoms with Crippen LogP contribution in [0, 0.1) is 0 Å². The maximum atomic E-state index is 11.7. The number of aromatic nitrogens is 2. The van der Waals surface area contributed by atoms with Crippen LogP contribution in [0.5, 0.6) is 5.75 Å². The van der Waals surface area contributed by atoms with E-state index in [1.165, 1.54) is 0 Å². The van der Waals surface area contributed by atoms with Crippen LogP contribution in [0.25, 0.3) is 10.9 Å². The molecule has 5 heteroatoms. The minimum absolute atomic E-state index is 0.0382. The topological polar surface area (TPSA) is 56.1 Å². The van der Waals surface area contributed by atoms with Gasteiger partial charge in [-0.05, 0) is 18.2 Å². The first-order valence-corrected chi connectivity index (χ1v) is 7.17. The van der Waals surface area contributed by atoms with E-state index in [2.05, 4.69) is 10.4 Å². The summed E-state index contributed by atoms with van der Waals surface area (Å²) < 4.78 is 7.79. The lowest BCUT2D eigenvalue weighted by molar-refractivity contribution is 0.0966.